The Balaban J connectivity index is 2.17. The van der Waals surface area contributed by atoms with Crippen molar-refractivity contribution in [2.75, 3.05) is 6.54 Å². The van der Waals surface area contributed by atoms with E-state index in [0.29, 0.717) is 6.42 Å². The fraction of sp³-hybridized carbons (Fsp3) is 0.571. The standard InChI is InChI=1S/C14H20N2O2S/c1-4-5-11-14(18)16(8-13(17)15-11)10(3)12-7-6-9(2)19-12/h6-7,10-11H,4-5,8H2,1-3H3,(H,15,17). The van der Waals surface area contributed by atoms with Crippen LogP contribution < -0.4 is 5.32 Å². The number of rotatable bonds is 4. The molecule has 2 rings (SSSR count). The van der Waals surface area contributed by atoms with Crippen LogP contribution in [0.1, 0.15) is 42.5 Å². The molecule has 1 aliphatic heterocycles. The lowest BCUT2D eigenvalue weighted by Gasteiger charge is -2.36. The first-order valence-electron chi connectivity index (χ1n) is 6.69. The van der Waals surface area contributed by atoms with Crippen molar-refractivity contribution in [3.05, 3.63) is 21.9 Å². The van der Waals surface area contributed by atoms with Gasteiger partial charge in [-0.15, -0.1) is 11.3 Å². The van der Waals surface area contributed by atoms with Crippen molar-refractivity contribution < 1.29 is 9.59 Å². The molecular weight excluding hydrogens is 260 g/mol. The highest BCUT2D eigenvalue weighted by Gasteiger charge is 2.35. The highest BCUT2D eigenvalue weighted by Crippen LogP contribution is 2.28. The predicted molar refractivity (Wildman–Crippen MR) is 76.0 cm³/mol. The average molecular weight is 280 g/mol. The zero-order valence-electron chi connectivity index (χ0n) is 11.6. The molecule has 2 atom stereocenters. The Morgan fingerprint density at radius 3 is 2.79 bits per heavy atom. The first kappa shape index (κ1) is 14.1. The van der Waals surface area contributed by atoms with E-state index in [2.05, 4.69) is 11.4 Å². The predicted octanol–water partition coefficient (Wildman–Crippen LogP) is 2.24. The Hall–Kier alpha value is -1.36. The smallest absolute Gasteiger partial charge is 0.246 e. The number of nitrogens with one attached hydrogen (secondary N) is 1. The number of aryl methyl sites for hydroxylation is 1. The van der Waals surface area contributed by atoms with Crippen molar-refractivity contribution in [3.63, 3.8) is 0 Å². The molecule has 0 spiro atoms. The molecule has 1 aromatic heterocycles. The van der Waals surface area contributed by atoms with Gasteiger partial charge in [0.05, 0.1) is 6.04 Å². The normalized spacial score (nSPS) is 21.4. The summed E-state index contributed by atoms with van der Waals surface area (Å²) in [5, 5.41) is 2.78. The van der Waals surface area contributed by atoms with E-state index in [1.807, 2.05) is 26.8 Å². The number of carbonyl (C=O) groups is 2. The topological polar surface area (TPSA) is 49.4 Å². The van der Waals surface area contributed by atoms with E-state index in [4.69, 9.17) is 0 Å². The van der Waals surface area contributed by atoms with Crippen LogP contribution in [0.25, 0.3) is 0 Å². The van der Waals surface area contributed by atoms with Gasteiger partial charge in [0.1, 0.15) is 12.6 Å². The molecule has 19 heavy (non-hydrogen) atoms. The third kappa shape index (κ3) is 2.97. The van der Waals surface area contributed by atoms with Crippen LogP contribution >= 0.6 is 11.3 Å². The number of hydrogen-bond donors (Lipinski definition) is 1. The van der Waals surface area contributed by atoms with Gasteiger partial charge < -0.3 is 10.2 Å². The van der Waals surface area contributed by atoms with Crippen molar-refractivity contribution in [3.8, 4) is 0 Å². The minimum absolute atomic E-state index is 0.0309. The number of hydrogen-bond acceptors (Lipinski definition) is 3. The maximum Gasteiger partial charge on any atom is 0.246 e. The molecule has 0 saturated carbocycles. The lowest BCUT2D eigenvalue weighted by molar-refractivity contribution is -0.146. The lowest BCUT2D eigenvalue weighted by atomic mass is 10.1. The molecule has 0 aliphatic carbocycles. The molecule has 1 aromatic rings. The van der Waals surface area contributed by atoms with Gasteiger partial charge in [0.25, 0.3) is 0 Å². The van der Waals surface area contributed by atoms with Crippen LogP contribution in [0.4, 0.5) is 0 Å². The van der Waals surface area contributed by atoms with Crippen molar-refractivity contribution >= 4 is 23.2 Å². The molecular formula is C14H20N2O2S. The maximum absolute atomic E-state index is 12.4. The van der Waals surface area contributed by atoms with E-state index < -0.39 is 0 Å². The SMILES string of the molecule is CCCC1NC(=O)CN(C(C)c2ccc(C)s2)C1=O. The Bertz CT molecular complexity index is 484. The van der Waals surface area contributed by atoms with Gasteiger partial charge in [-0.2, -0.15) is 0 Å². The molecule has 0 radical (unpaired) electrons. The zero-order chi connectivity index (χ0) is 14.0. The second-order valence-electron chi connectivity index (χ2n) is 5.00. The Morgan fingerprint density at radius 2 is 2.21 bits per heavy atom. The number of piperazine rings is 1. The van der Waals surface area contributed by atoms with E-state index in [9.17, 15) is 9.59 Å². The van der Waals surface area contributed by atoms with Crippen LogP contribution in [0.2, 0.25) is 0 Å². The van der Waals surface area contributed by atoms with Gasteiger partial charge in [-0.25, -0.2) is 0 Å². The fourth-order valence-electron chi connectivity index (χ4n) is 2.38. The minimum Gasteiger partial charge on any atom is -0.343 e. The summed E-state index contributed by atoms with van der Waals surface area (Å²) in [4.78, 5) is 28.2. The van der Waals surface area contributed by atoms with Crippen LogP contribution in [0.15, 0.2) is 12.1 Å². The fourth-order valence-corrected chi connectivity index (χ4v) is 3.32. The summed E-state index contributed by atoms with van der Waals surface area (Å²) in [6.45, 7) is 6.22. The second kappa shape index (κ2) is 5.74. The highest BCUT2D eigenvalue weighted by molar-refractivity contribution is 7.12. The van der Waals surface area contributed by atoms with Crippen LogP contribution in [-0.2, 0) is 9.59 Å². The monoisotopic (exact) mass is 280 g/mol. The van der Waals surface area contributed by atoms with Crippen molar-refractivity contribution in [2.45, 2.75) is 45.7 Å². The third-order valence-electron chi connectivity index (χ3n) is 3.45. The first-order chi connectivity index (χ1) is 9.02. The van der Waals surface area contributed by atoms with Crippen molar-refractivity contribution in [2.24, 2.45) is 0 Å². The first-order valence-corrected chi connectivity index (χ1v) is 7.50. The van der Waals surface area contributed by atoms with Gasteiger partial charge in [0, 0.05) is 9.75 Å². The van der Waals surface area contributed by atoms with Crippen molar-refractivity contribution in [1.29, 1.82) is 0 Å². The zero-order valence-corrected chi connectivity index (χ0v) is 12.4. The summed E-state index contributed by atoms with van der Waals surface area (Å²) in [6.07, 6.45) is 1.59. The summed E-state index contributed by atoms with van der Waals surface area (Å²) >= 11 is 1.68. The molecule has 104 valence electrons. The van der Waals surface area contributed by atoms with E-state index in [1.165, 1.54) is 4.88 Å². The molecule has 2 heterocycles. The number of amides is 2. The van der Waals surface area contributed by atoms with Crippen LogP contribution in [-0.4, -0.2) is 29.3 Å². The Morgan fingerprint density at radius 1 is 1.47 bits per heavy atom. The molecule has 1 N–H and O–H groups in total. The van der Waals surface area contributed by atoms with E-state index in [1.54, 1.807) is 16.2 Å². The molecule has 5 heteroatoms. The van der Waals surface area contributed by atoms with Gasteiger partial charge in [0.15, 0.2) is 0 Å². The number of carbonyl (C=O) groups excluding carboxylic acids is 2. The van der Waals surface area contributed by atoms with Crippen LogP contribution in [0.5, 0.6) is 0 Å². The average Bonchev–Trinajstić information content (AvgIpc) is 2.79. The molecule has 0 aromatic carbocycles. The molecule has 1 aliphatic rings. The highest BCUT2D eigenvalue weighted by atomic mass is 32.1. The summed E-state index contributed by atoms with van der Waals surface area (Å²) in [7, 11) is 0. The number of thiophene rings is 1. The summed E-state index contributed by atoms with van der Waals surface area (Å²) in [5.41, 5.74) is 0. The van der Waals surface area contributed by atoms with Gasteiger partial charge in [-0.05, 0) is 32.4 Å². The maximum atomic E-state index is 12.4. The largest absolute Gasteiger partial charge is 0.343 e. The van der Waals surface area contributed by atoms with Crippen LogP contribution in [0.3, 0.4) is 0 Å². The Kier molecular flexibility index (Phi) is 4.24. The quantitative estimate of drug-likeness (QED) is 0.919. The Labute approximate surface area is 117 Å². The van der Waals surface area contributed by atoms with Crippen molar-refractivity contribution in [1.82, 2.24) is 10.2 Å². The lowest BCUT2D eigenvalue weighted by Crippen LogP contribution is -2.58. The van der Waals surface area contributed by atoms with Gasteiger partial charge in [0.2, 0.25) is 11.8 Å². The number of nitrogens with zero attached hydrogens (tertiary/aromatic N) is 1. The van der Waals surface area contributed by atoms with Gasteiger partial charge >= 0.3 is 0 Å². The molecule has 1 fully saturated rings. The molecule has 4 nitrogen and oxygen atoms in total. The minimum atomic E-state index is -0.352. The molecule has 0 bridgehead atoms. The summed E-state index contributed by atoms with van der Waals surface area (Å²) in [5.74, 6) is -0.0156. The second-order valence-corrected chi connectivity index (χ2v) is 6.32. The third-order valence-corrected chi connectivity index (χ3v) is 4.62. The van der Waals surface area contributed by atoms with Gasteiger partial charge in [-0.1, -0.05) is 13.3 Å². The summed E-state index contributed by atoms with van der Waals surface area (Å²) in [6, 6.07) is 3.71. The summed E-state index contributed by atoms with van der Waals surface area (Å²) < 4.78 is 0. The van der Waals surface area contributed by atoms with E-state index in [-0.39, 0.29) is 30.4 Å². The molecule has 2 unspecified atom stereocenters. The molecule has 2 amide bonds. The van der Waals surface area contributed by atoms with Gasteiger partial charge in [-0.3, -0.25) is 9.59 Å². The van der Waals surface area contributed by atoms with E-state index >= 15 is 0 Å². The van der Waals surface area contributed by atoms with Crippen LogP contribution in [0, 0.1) is 6.92 Å². The molecule has 1 saturated heterocycles. The van der Waals surface area contributed by atoms with E-state index in [0.717, 1.165) is 11.3 Å².